The van der Waals surface area contributed by atoms with Gasteiger partial charge in [0.1, 0.15) is 0 Å². The first kappa shape index (κ1) is 16.8. The Morgan fingerprint density at radius 2 is 1.82 bits per heavy atom. The zero-order valence-electron chi connectivity index (χ0n) is 12.5. The third-order valence-electron chi connectivity index (χ3n) is 3.23. The lowest BCUT2D eigenvalue weighted by Gasteiger charge is -2.20. The van der Waals surface area contributed by atoms with Gasteiger partial charge in [-0.3, -0.25) is 9.78 Å². The van der Waals surface area contributed by atoms with Gasteiger partial charge in [-0.1, -0.05) is 30.7 Å². The SMILES string of the molecule is CCSCCC(=O)NC(c1ccncc1)c1ccc(Cl)cc1. The van der Waals surface area contributed by atoms with Crippen LogP contribution in [-0.4, -0.2) is 22.4 Å². The highest BCUT2D eigenvalue weighted by Gasteiger charge is 2.16. The van der Waals surface area contributed by atoms with E-state index in [1.165, 1.54) is 0 Å². The van der Waals surface area contributed by atoms with Crippen molar-refractivity contribution < 1.29 is 4.79 Å². The van der Waals surface area contributed by atoms with Crippen molar-refractivity contribution in [3.05, 3.63) is 64.9 Å². The predicted molar refractivity (Wildman–Crippen MR) is 93.3 cm³/mol. The van der Waals surface area contributed by atoms with Gasteiger partial charge in [0.25, 0.3) is 0 Å². The van der Waals surface area contributed by atoms with Crippen molar-refractivity contribution in [3.8, 4) is 0 Å². The topological polar surface area (TPSA) is 42.0 Å². The van der Waals surface area contributed by atoms with Crippen molar-refractivity contribution in [2.24, 2.45) is 0 Å². The van der Waals surface area contributed by atoms with Crippen LogP contribution in [0.2, 0.25) is 5.02 Å². The summed E-state index contributed by atoms with van der Waals surface area (Å²) in [6, 6.07) is 11.2. The van der Waals surface area contributed by atoms with Crippen LogP contribution < -0.4 is 5.32 Å². The zero-order chi connectivity index (χ0) is 15.8. The molecule has 0 fully saturated rings. The van der Waals surface area contributed by atoms with Crippen molar-refractivity contribution in [2.45, 2.75) is 19.4 Å². The van der Waals surface area contributed by atoms with E-state index in [4.69, 9.17) is 11.6 Å². The second-order valence-electron chi connectivity index (χ2n) is 4.78. The van der Waals surface area contributed by atoms with Crippen molar-refractivity contribution in [3.63, 3.8) is 0 Å². The summed E-state index contributed by atoms with van der Waals surface area (Å²) in [7, 11) is 0. The number of pyridine rings is 1. The van der Waals surface area contributed by atoms with E-state index < -0.39 is 0 Å². The molecule has 0 aliphatic carbocycles. The van der Waals surface area contributed by atoms with Gasteiger partial charge in [0.2, 0.25) is 5.91 Å². The summed E-state index contributed by atoms with van der Waals surface area (Å²) in [5.41, 5.74) is 2.01. The van der Waals surface area contributed by atoms with Crippen molar-refractivity contribution in [1.82, 2.24) is 10.3 Å². The number of hydrogen-bond donors (Lipinski definition) is 1. The molecule has 0 aliphatic heterocycles. The maximum absolute atomic E-state index is 12.2. The summed E-state index contributed by atoms with van der Waals surface area (Å²) in [6.45, 7) is 2.09. The van der Waals surface area contributed by atoms with E-state index >= 15 is 0 Å². The van der Waals surface area contributed by atoms with Gasteiger partial charge in [0.05, 0.1) is 6.04 Å². The summed E-state index contributed by atoms with van der Waals surface area (Å²) in [5.74, 6) is 1.92. The monoisotopic (exact) mass is 334 g/mol. The molecule has 0 bridgehead atoms. The van der Waals surface area contributed by atoms with Gasteiger partial charge in [-0.15, -0.1) is 0 Å². The van der Waals surface area contributed by atoms with Crippen LogP contribution in [0.15, 0.2) is 48.8 Å². The zero-order valence-corrected chi connectivity index (χ0v) is 14.0. The third-order valence-corrected chi connectivity index (χ3v) is 4.38. The lowest BCUT2D eigenvalue weighted by molar-refractivity contribution is -0.121. The minimum absolute atomic E-state index is 0.0534. The summed E-state index contributed by atoms with van der Waals surface area (Å²) < 4.78 is 0. The Morgan fingerprint density at radius 3 is 2.45 bits per heavy atom. The molecule has 116 valence electrons. The van der Waals surface area contributed by atoms with Crippen molar-refractivity contribution in [2.75, 3.05) is 11.5 Å². The molecule has 2 rings (SSSR count). The number of carbonyl (C=O) groups excluding carboxylic acids is 1. The maximum atomic E-state index is 12.2. The molecule has 1 heterocycles. The van der Waals surface area contributed by atoms with E-state index in [0.717, 1.165) is 22.6 Å². The Kier molecular flexibility index (Phi) is 6.74. The molecule has 22 heavy (non-hydrogen) atoms. The van der Waals surface area contributed by atoms with Crippen LogP contribution in [0.5, 0.6) is 0 Å². The number of nitrogens with zero attached hydrogens (tertiary/aromatic N) is 1. The number of rotatable bonds is 7. The van der Waals surface area contributed by atoms with Crippen LogP contribution in [0.25, 0.3) is 0 Å². The average molecular weight is 335 g/mol. The first-order valence-electron chi connectivity index (χ1n) is 7.23. The molecule has 1 unspecified atom stereocenters. The normalized spacial score (nSPS) is 11.9. The van der Waals surface area contributed by atoms with Gasteiger partial charge in [-0.05, 0) is 41.1 Å². The lowest BCUT2D eigenvalue weighted by Crippen LogP contribution is -2.29. The summed E-state index contributed by atoms with van der Waals surface area (Å²) in [5, 5.41) is 3.79. The Morgan fingerprint density at radius 1 is 1.18 bits per heavy atom. The van der Waals surface area contributed by atoms with Crippen LogP contribution in [0.4, 0.5) is 0 Å². The standard InChI is InChI=1S/C17H19ClN2OS/c1-2-22-12-9-16(21)20-17(14-7-10-19-11-8-14)13-3-5-15(18)6-4-13/h3-8,10-11,17H,2,9,12H2,1H3,(H,20,21). The van der Waals surface area contributed by atoms with E-state index in [-0.39, 0.29) is 11.9 Å². The number of aromatic nitrogens is 1. The molecule has 2 aromatic rings. The third kappa shape index (κ3) is 5.04. The molecule has 1 aromatic heterocycles. The molecule has 3 nitrogen and oxygen atoms in total. The molecular formula is C17H19ClN2OS. The largest absolute Gasteiger partial charge is 0.345 e. The molecule has 1 N–H and O–H groups in total. The van der Waals surface area contributed by atoms with Crippen LogP contribution in [-0.2, 0) is 4.79 Å². The van der Waals surface area contributed by atoms with Crippen LogP contribution in [0, 0.1) is 0 Å². The van der Waals surface area contributed by atoms with E-state index in [0.29, 0.717) is 11.4 Å². The molecule has 1 aromatic carbocycles. The Hall–Kier alpha value is -1.52. The minimum Gasteiger partial charge on any atom is -0.345 e. The minimum atomic E-state index is -0.181. The first-order chi connectivity index (χ1) is 10.7. The number of halogens is 1. The lowest BCUT2D eigenvalue weighted by atomic mass is 9.99. The number of hydrogen-bond acceptors (Lipinski definition) is 3. The van der Waals surface area contributed by atoms with Gasteiger partial charge >= 0.3 is 0 Å². The molecule has 1 atom stereocenters. The molecule has 0 aliphatic rings. The molecule has 0 radical (unpaired) electrons. The first-order valence-corrected chi connectivity index (χ1v) is 8.76. The average Bonchev–Trinajstić information content (AvgIpc) is 2.55. The number of thioether (sulfide) groups is 1. The molecule has 0 spiro atoms. The van der Waals surface area contributed by atoms with E-state index in [2.05, 4.69) is 17.2 Å². The predicted octanol–water partition coefficient (Wildman–Crippen LogP) is 4.08. The highest BCUT2D eigenvalue weighted by molar-refractivity contribution is 7.99. The number of benzene rings is 1. The molecule has 5 heteroatoms. The number of carbonyl (C=O) groups is 1. The molecular weight excluding hydrogens is 316 g/mol. The van der Waals surface area contributed by atoms with E-state index in [1.54, 1.807) is 24.2 Å². The Balaban J connectivity index is 2.15. The van der Waals surface area contributed by atoms with Crippen LogP contribution in [0.1, 0.15) is 30.5 Å². The Bertz CT molecular complexity index is 589. The van der Waals surface area contributed by atoms with Crippen molar-refractivity contribution >= 4 is 29.3 Å². The van der Waals surface area contributed by atoms with Gasteiger partial charge in [0.15, 0.2) is 0 Å². The number of amides is 1. The van der Waals surface area contributed by atoms with Gasteiger partial charge < -0.3 is 5.32 Å². The fourth-order valence-corrected chi connectivity index (χ4v) is 2.86. The number of nitrogens with one attached hydrogen (secondary N) is 1. The van der Waals surface area contributed by atoms with Crippen LogP contribution >= 0.6 is 23.4 Å². The smallest absolute Gasteiger partial charge is 0.221 e. The second kappa shape index (κ2) is 8.81. The van der Waals surface area contributed by atoms with Crippen LogP contribution in [0.3, 0.4) is 0 Å². The summed E-state index contributed by atoms with van der Waals surface area (Å²) in [6.07, 6.45) is 3.99. The summed E-state index contributed by atoms with van der Waals surface area (Å²) in [4.78, 5) is 16.2. The van der Waals surface area contributed by atoms with E-state index in [1.807, 2.05) is 36.4 Å². The highest BCUT2D eigenvalue weighted by Crippen LogP contribution is 2.23. The fourth-order valence-electron chi connectivity index (χ4n) is 2.11. The van der Waals surface area contributed by atoms with Gasteiger partial charge in [-0.25, -0.2) is 0 Å². The quantitative estimate of drug-likeness (QED) is 0.776. The van der Waals surface area contributed by atoms with Gasteiger partial charge in [0, 0.05) is 29.6 Å². The summed E-state index contributed by atoms with van der Waals surface area (Å²) >= 11 is 7.72. The molecule has 0 saturated carbocycles. The second-order valence-corrected chi connectivity index (χ2v) is 6.61. The fraction of sp³-hybridized carbons (Fsp3) is 0.294. The van der Waals surface area contributed by atoms with E-state index in [9.17, 15) is 4.79 Å². The van der Waals surface area contributed by atoms with Crippen molar-refractivity contribution in [1.29, 1.82) is 0 Å². The maximum Gasteiger partial charge on any atom is 0.221 e. The molecule has 0 saturated heterocycles. The molecule has 1 amide bonds. The Labute approximate surface area is 140 Å². The van der Waals surface area contributed by atoms with Gasteiger partial charge in [-0.2, -0.15) is 11.8 Å². The highest BCUT2D eigenvalue weighted by atomic mass is 35.5.